The normalized spacial score (nSPS) is 10.9. The van der Waals surface area contributed by atoms with E-state index in [0.29, 0.717) is 84.8 Å². The average molecular weight is 429 g/mol. The van der Waals surface area contributed by atoms with E-state index in [1.165, 1.54) is 0 Å². The zero-order valence-corrected chi connectivity index (χ0v) is 17.2. The summed E-state index contributed by atoms with van der Waals surface area (Å²) >= 11 is 5.47. The monoisotopic (exact) mass is 428 g/mol. The SMILES string of the molecule is O=C(O)CCCCC(=O)OCCOCCOCCOCCOCCOCCCl. The fourth-order valence-corrected chi connectivity index (χ4v) is 1.98. The summed E-state index contributed by atoms with van der Waals surface area (Å²) in [7, 11) is 0. The first-order chi connectivity index (χ1) is 13.7. The lowest BCUT2D eigenvalue weighted by molar-refractivity contribution is -0.146. The molecule has 0 saturated heterocycles. The van der Waals surface area contributed by atoms with Crippen LogP contribution in [0.25, 0.3) is 0 Å². The third-order valence-corrected chi connectivity index (χ3v) is 3.38. The van der Waals surface area contributed by atoms with Gasteiger partial charge < -0.3 is 33.5 Å². The average Bonchev–Trinajstić information content (AvgIpc) is 2.67. The zero-order valence-electron chi connectivity index (χ0n) is 16.4. The van der Waals surface area contributed by atoms with Crippen LogP contribution in [0.15, 0.2) is 0 Å². The van der Waals surface area contributed by atoms with Gasteiger partial charge in [-0.3, -0.25) is 9.59 Å². The standard InChI is InChI=1S/C18H33ClO9/c19-5-6-23-7-8-24-9-10-25-11-12-26-13-14-27-15-16-28-18(22)4-2-1-3-17(20)21/h1-16H2,(H,20,21). The molecule has 0 bridgehead atoms. The van der Waals surface area contributed by atoms with Gasteiger partial charge in [0.05, 0.1) is 66.1 Å². The van der Waals surface area contributed by atoms with E-state index in [9.17, 15) is 9.59 Å². The van der Waals surface area contributed by atoms with Gasteiger partial charge in [-0.2, -0.15) is 0 Å². The van der Waals surface area contributed by atoms with E-state index in [0.717, 1.165) is 0 Å². The smallest absolute Gasteiger partial charge is 0.305 e. The molecule has 0 rings (SSSR count). The molecule has 0 saturated carbocycles. The van der Waals surface area contributed by atoms with Crippen LogP contribution in [-0.2, 0) is 38.0 Å². The first-order valence-electron chi connectivity index (χ1n) is 9.49. The van der Waals surface area contributed by atoms with Gasteiger partial charge in [0.25, 0.3) is 0 Å². The van der Waals surface area contributed by atoms with Crippen molar-refractivity contribution >= 4 is 23.5 Å². The van der Waals surface area contributed by atoms with E-state index < -0.39 is 5.97 Å². The van der Waals surface area contributed by atoms with E-state index in [1.54, 1.807) is 0 Å². The number of halogens is 1. The largest absolute Gasteiger partial charge is 0.481 e. The van der Waals surface area contributed by atoms with E-state index in [1.807, 2.05) is 0 Å². The van der Waals surface area contributed by atoms with Crippen molar-refractivity contribution in [3.63, 3.8) is 0 Å². The second-order valence-electron chi connectivity index (χ2n) is 5.57. The number of hydrogen-bond acceptors (Lipinski definition) is 8. The Bertz CT molecular complexity index is 369. The lowest BCUT2D eigenvalue weighted by atomic mass is 10.2. The summed E-state index contributed by atoms with van der Waals surface area (Å²) in [5.41, 5.74) is 0. The van der Waals surface area contributed by atoms with Crippen molar-refractivity contribution in [2.45, 2.75) is 25.7 Å². The lowest BCUT2D eigenvalue weighted by Gasteiger charge is -2.08. The van der Waals surface area contributed by atoms with Crippen molar-refractivity contribution in [3.05, 3.63) is 0 Å². The van der Waals surface area contributed by atoms with Crippen molar-refractivity contribution in [2.24, 2.45) is 0 Å². The molecule has 28 heavy (non-hydrogen) atoms. The van der Waals surface area contributed by atoms with E-state index in [-0.39, 0.29) is 25.4 Å². The molecule has 0 spiro atoms. The summed E-state index contributed by atoms with van der Waals surface area (Å²) in [5.74, 6) is -0.710. The third kappa shape index (κ3) is 23.1. The fraction of sp³-hybridized carbons (Fsp3) is 0.889. The highest BCUT2D eigenvalue weighted by Gasteiger charge is 2.04. The fourth-order valence-electron chi connectivity index (χ4n) is 1.87. The number of hydrogen-bond donors (Lipinski definition) is 1. The highest BCUT2D eigenvalue weighted by molar-refractivity contribution is 6.17. The van der Waals surface area contributed by atoms with Gasteiger partial charge in [0, 0.05) is 18.7 Å². The van der Waals surface area contributed by atoms with Crippen molar-refractivity contribution in [1.29, 1.82) is 0 Å². The molecule has 0 aromatic carbocycles. The van der Waals surface area contributed by atoms with Gasteiger partial charge >= 0.3 is 11.9 Å². The molecule has 0 unspecified atom stereocenters. The van der Waals surface area contributed by atoms with Gasteiger partial charge in [-0.25, -0.2) is 0 Å². The Balaban J connectivity index is 3.11. The van der Waals surface area contributed by atoms with Crippen LogP contribution in [0.2, 0.25) is 0 Å². The Morgan fingerprint density at radius 3 is 1.43 bits per heavy atom. The molecule has 0 aromatic rings. The number of carboxylic acids is 1. The van der Waals surface area contributed by atoms with Crippen LogP contribution in [0.1, 0.15) is 25.7 Å². The molecule has 0 aliphatic rings. The van der Waals surface area contributed by atoms with Gasteiger partial charge in [-0.05, 0) is 12.8 Å². The molecule has 0 aliphatic heterocycles. The molecule has 0 fully saturated rings. The van der Waals surface area contributed by atoms with Gasteiger partial charge in [0.15, 0.2) is 0 Å². The van der Waals surface area contributed by atoms with Gasteiger partial charge in [0.1, 0.15) is 6.61 Å². The summed E-state index contributed by atoms with van der Waals surface area (Å²) in [5, 5.41) is 8.48. The number of rotatable bonds is 22. The van der Waals surface area contributed by atoms with Crippen LogP contribution in [-0.4, -0.2) is 95.6 Å². The quantitative estimate of drug-likeness (QED) is 0.156. The van der Waals surface area contributed by atoms with Crippen molar-refractivity contribution in [3.8, 4) is 0 Å². The second-order valence-corrected chi connectivity index (χ2v) is 5.95. The number of carboxylic acid groups (broad SMARTS) is 1. The summed E-state index contributed by atoms with van der Waals surface area (Å²) in [4.78, 5) is 21.7. The number of carbonyl (C=O) groups excluding carboxylic acids is 1. The molecule has 0 aliphatic carbocycles. The third-order valence-electron chi connectivity index (χ3n) is 3.22. The predicted octanol–water partition coefficient (Wildman–Crippen LogP) is 1.50. The molecular formula is C18H33ClO9. The molecule has 0 radical (unpaired) electrons. The highest BCUT2D eigenvalue weighted by Crippen LogP contribution is 2.01. The molecular weight excluding hydrogens is 396 g/mol. The number of aliphatic carboxylic acids is 1. The zero-order chi connectivity index (χ0) is 20.7. The van der Waals surface area contributed by atoms with Crippen LogP contribution in [0.5, 0.6) is 0 Å². The first kappa shape index (κ1) is 27.0. The summed E-state index contributed by atoms with van der Waals surface area (Å²) in [6.07, 6.45) is 1.28. The Morgan fingerprint density at radius 2 is 1.00 bits per heavy atom. The Kier molecular flexibility index (Phi) is 21.5. The summed E-state index contributed by atoms with van der Waals surface area (Å²) in [6, 6.07) is 0. The van der Waals surface area contributed by atoms with Gasteiger partial charge in [0.2, 0.25) is 0 Å². The predicted molar refractivity (Wildman–Crippen MR) is 102 cm³/mol. The van der Waals surface area contributed by atoms with Crippen molar-refractivity contribution < 1.29 is 43.1 Å². The van der Waals surface area contributed by atoms with E-state index >= 15 is 0 Å². The molecule has 9 nitrogen and oxygen atoms in total. The highest BCUT2D eigenvalue weighted by atomic mass is 35.5. The van der Waals surface area contributed by atoms with Gasteiger partial charge in [-0.15, -0.1) is 11.6 Å². The number of carbonyl (C=O) groups is 2. The number of ether oxygens (including phenoxy) is 6. The molecule has 0 heterocycles. The van der Waals surface area contributed by atoms with Crippen LogP contribution in [0.4, 0.5) is 0 Å². The van der Waals surface area contributed by atoms with Crippen LogP contribution in [0, 0.1) is 0 Å². The van der Waals surface area contributed by atoms with E-state index in [4.69, 9.17) is 45.1 Å². The van der Waals surface area contributed by atoms with Crippen LogP contribution < -0.4 is 0 Å². The molecule has 10 heteroatoms. The minimum absolute atomic E-state index is 0.0695. The molecule has 0 aromatic heterocycles. The molecule has 166 valence electrons. The lowest BCUT2D eigenvalue weighted by Crippen LogP contribution is -2.15. The molecule has 0 atom stereocenters. The number of unbranched alkanes of at least 4 members (excludes halogenated alkanes) is 1. The minimum Gasteiger partial charge on any atom is -0.481 e. The number of alkyl halides is 1. The summed E-state index contributed by atoms with van der Waals surface area (Å²) in [6.45, 7) is 4.84. The summed E-state index contributed by atoms with van der Waals surface area (Å²) < 4.78 is 31.4. The maximum absolute atomic E-state index is 11.4. The van der Waals surface area contributed by atoms with Crippen molar-refractivity contribution in [1.82, 2.24) is 0 Å². The first-order valence-corrected chi connectivity index (χ1v) is 10.0. The van der Waals surface area contributed by atoms with E-state index in [2.05, 4.69) is 0 Å². The molecule has 1 N–H and O–H groups in total. The van der Waals surface area contributed by atoms with Crippen LogP contribution in [0.3, 0.4) is 0 Å². The van der Waals surface area contributed by atoms with Gasteiger partial charge in [-0.1, -0.05) is 0 Å². The van der Waals surface area contributed by atoms with Crippen molar-refractivity contribution in [2.75, 3.05) is 78.6 Å². The molecule has 0 amide bonds. The number of esters is 1. The van der Waals surface area contributed by atoms with Crippen LogP contribution >= 0.6 is 11.6 Å². The maximum Gasteiger partial charge on any atom is 0.305 e. The minimum atomic E-state index is -0.857. The maximum atomic E-state index is 11.4. The Hall–Kier alpha value is -0.970. The topological polar surface area (TPSA) is 110 Å². The second kappa shape index (κ2) is 22.3. The Morgan fingerprint density at radius 1 is 0.607 bits per heavy atom. The Labute approximate surface area is 171 Å².